The third-order valence-electron chi connectivity index (χ3n) is 5.41. The van der Waals surface area contributed by atoms with Crippen molar-refractivity contribution < 1.29 is 14.4 Å². The minimum atomic E-state index is -0.413. The lowest BCUT2D eigenvalue weighted by Gasteiger charge is -2.19. The maximum atomic E-state index is 13.1. The molecule has 1 fully saturated rings. The van der Waals surface area contributed by atoms with E-state index >= 15 is 0 Å². The smallest absolute Gasteiger partial charge is 0.298 e. The Morgan fingerprint density at radius 2 is 1.75 bits per heavy atom. The molecule has 32 heavy (non-hydrogen) atoms. The largest absolute Gasteiger partial charge is 0.342 e. The van der Waals surface area contributed by atoms with Crippen LogP contribution in [-0.4, -0.2) is 39.6 Å². The molecular formula is C24H22ClN3O3S. The topological polar surface area (TPSA) is 62.6 Å². The van der Waals surface area contributed by atoms with Gasteiger partial charge in [0.05, 0.1) is 15.6 Å². The first kappa shape index (κ1) is 22.2. The minimum absolute atomic E-state index is 0.0290. The predicted molar refractivity (Wildman–Crippen MR) is 130 cm³/mol. The second kappa shape index (κ2) is 9.22. The van der Waals surface area contributed by atoms with Crippen LogP contribution < -0.4 is 4.90 Å². The number of imide groups is 1. The fraction of sp³-hybridized carbons (Fsp3) is 0.208. The number of para-hydroxylation sites is 2. The van der Waals surface area contributed by atoms with Crippen LogP contribution in [0.15, 0.2) is 59.6 Å². The highest BCUT2D eigenvalue weighted by molar-refractivity contribution is 8.19. The Bertz CT molecular complexity index is 1250. The summed E-state index contributed by atoms with van der Waals surface area (Å²) in [6.45, 7) is 5.41. The number of amides is 3. The van der Waals surface area contributed by atoms with Gasteiger partial charge >= 0.3 is 0 Å². The Morgan fingerprint density at radius 1 is 1.06 bits per heavy atom. The van der Waals surface area contributed by atoms with Crippen molar-refractivity contribution in [1.29, 1.82) is 0 Å². The minimum Gasteiger partial charge on any atom is -0.342 e. The zero-order valence-corrected chi connectivity index (χ0v) is 19.3. The van der Waals surface area contributed by atoms with E-state index in [2.05, 4.69) is 0 Å². The summed E-state index contributed by atoms with van der Waals surface area (Å²) >= 11 is 7.09. The Balaban J connectivity index is 1.70. The summed E-state index contributed by atoms with van der Waals surface area (Å²) in [6, 6.07) is 14.5. The third-order valence-corrected chi connectivity index (χ3v) is 6.60. The van der Waals surface area contributed by atoms with Gasteiger partial charge in [-0.05, 0) is 49.9 Å². The van der Waals surface area contributed by atoms with Crippen LogP contribution in [0, 0.1) is 0 Å². The van der Waals surface area contributed by atoms with Crippen molar-refractivity contribution in [2.45, 2.75) is 20.4 Å². The van der Waals surface area contributed by atoms with Crippen LogP contribution in [0.25, 0.3) is 17.0 Å². The highest BCUT2D eigenvalue weighted by atomic mass is 35.5. The van der Waals surface area contributed by atoms with Gasteiger partial charge < -0.3 is 9.47 Å². The van der Waals surface area contributed by atoms with Gasteiger partial charge in [0.1, 0.15) is 6.54 Å². The van der Waals surface area contributed by atoms with Gasteiger partial charge in [0, 0.05) is 35.8 Å². The molecule has 0 radical (unpaired) electrons. The summed E-state index contributed by atoms with van der Waals surface area (Å²) < 4.78 is 1.89. The third kappa shape index (κ3) is 4.06. The van der Waals surface area contributed by atoms with Gasteiger partial charge in [0.25, 0.3) is 11.1 Å². The zero-order chi connectivity index (χ0) is 22.8. The number of benzene rings is 2. The number of aromatic nitrogens is 1. The predicted octanol–water partition coefficient (Wildman–Crippen LogP) is 5.40. The van der Waals surface area contributed by atoms with Crippen molar-refractivity contribution in [3.63, 3.8) is 0 Å². The van der Waals surface area contributed by atoms with E-state index in [-0.39, 0.29) is 12.5 Å². The van der Waals surface area contributed by atoms with E-state index in [1.165, 1.54) is 0 Å². The van der Waals surface area contributed by atoms with Gasteiger partial charge in [-0.15, -0.1) is 0 Å². The van der Waals surface area contributed by atoms with Crippen LogP contribution in [-0.2, 0) is 16.1 Å². The van der Waals surface area contributed by atoms with E-state index in [1.54, 1.807) is 35.2 Å². The van der Waals surface area contributed by atoms with E-state index in [0.29, 0.717) is 28.7 Å². The molecule has 0 spiro atoms. The van der Waals surface area contributed by atoms with E-state index in [1.807, 2.05) is 48.9 Å². The standard InChI is InChI=1S/C24H22ClN3O3S/c1-3-26(4-2)22(29)15-27-14-16(17-9-5-7-11-19(17)27)13-21-23(30)28(24(31)32-21)20-12-8-6-10-18(20)25/h5-14H,3-4,15H2,1-2H3/b21-13-. The molecule has 0 unspecified atom stereocenters. The quantitative estimate of drug-likeness (QED) is 0.455. The normalized spacial score (nSPS) is 15.2. The van der Waals surface area contributed by atoms with Gasteiger partial charge in [-0.2, -0.15) is 0 Å². The van der Waals surface area contributed by atoms with Gasteiger partial charge in [-0.25, -0.2) is 4.90 Å². The fourth-order valence-corrected chi connectivity index (χ4v) is 4.84. The van der Waals surface area contributed by atoms with E-state index in [9.17, 15) is 14.4 Å². The highest BCUT2D eigenvalue weighted by Crippen LogP contribution is 2.39. The number of likely N-dealkylation sites (N-methyl/N-ethyl adjacent to an activating group) is 1. The molecule has 3 aromatic rings. The lowest BCUT2D eigenvalue weighted by molar-refractivity contribution is -0.131. The van der Waals surface area contributed by atoms with Crippen LogP contribution in [0.3, 0.4) is 0 Å². The van der Waals surface area contributed by atoms with E-state index < -0.39 is 11.1 Å². The van der Waals surface area contributed by atoms with Crippen molar-refractivity contribution in [2.75, 3.05) is 18.0 Å². The number of fused-ring (bicyclic) bond motifs is 1. The molecule has 164 valence electrons. The van der Waals surface area contributed by atoms with Crippen molar-refractivity contribution >= 4 is 63.1 Å². The number of rotatable bonds is 6. The summed E-state index contributed by atoms with van der Waals surface area (Å²) in [7, 11) is 0. The Morgan fingerprint density at radius 3 is 2.47 bits per heavy atom. The number of carbonyl (C=O) groups is 3. The summed E-state index contributed by atoms with van der Waals surface area (Å²) in [5.74, 6) is -0.384. The molecular weight excluding hydrogens is 446 g/mol. The Hall–Kier alpha value is -3.03. The molecule has 0 atom stereocenters. The first-order chi connectivity index (χ1) is 15.4. The molecule has 1 aromatic heterocycles. The first-order valence-corrected chi connectivity index (χ1v) is 11.5. The number of hydrogen-bond donors (Lipinski definition) is 0. The SMILES string of the molecule is CCN(CC)C(=O)Cn1cc(/C=C2\SC(=O)N(c3ccccc3Cl)C2=O)c2ccccc21. The Kier molecular flexibility index (Phi) is 6.39. The molecule has 8 heteroatoms. The molecule has 2 aromatic carbocycles. The van der Waals surface area contributed by atoms with Crippen molar-refractivity contribution in [3.8, 4) is 0 Å². The van der Waals surface area contributed by atoms with Gasteiger partial charge in [0.2, 0.25) is 5.91 Å². The van der Waals surface area contributed by atoms with Crippen molar-refractivity contribution in [1.82, 2.24) is 9.47 Å². The maximum Gasteiger partial charge on any atom is 0.298 e. The van der Waals surface area contributed by atoms with Crippen molar-refractivity contribution in [2.24, 2.45) is 0 Å². The summed E-state index contributed by atoms with van der Waals surface area (Å²) in [4.78, 5) is 41.5. The molecule has 0 bridgehead atoms. The molecule has 0 saturated carbocycles. The van der Waals surface area contributed by atoms with Crippen molar-refractivity contribution in [3.05, 3.63) is 70.2 Å². The number of carbonyl (C=O) groups excluding carboxylic acids is 3. The molecule has 1 aliphatic rings. The molecule has 4 rings (SSSR count). The fourth-order valence-electron chi connectivity index (χ4n) is 3.79. The highest BCUT2D eigenvalue weighted by Gasteiger charge is 2.37. The molecule has 2 heterocycles. The second-order valence-electron chi connectivity index (χ2n) is 7.26. The van der Waals surface area contributed by atoms with Crippen LogP contribution in [0.4, 0.5) is 10.5 Å². The lowest BCUT2D eigenvalue weighted by atomic mass is 10.1. The van der Waals surface area contributed by atoms with Crippen LogP contribution in [0.1, 0.15) is 19.4 Å². The molecule has 0 aliphatic carbocycles. The van der Waals surface area contributed by atoms with E-state index in [0.717, 1.165) is 33.1 Å². The number of halogens is 1. The molecule has 3 amide bonds. The molecule has 0 N–H and O–H groups in total. The molecule has 6 nitrogen and oxygen atoms in total. The lowest BCUT2D eigenvalue weighted by Crippen LogP contribution is -2.33. The average Bonchev–Trinajstić information content (AvgIpc) is 3.26. The summed E-state index contributed by atoms with van der Waals surface area (Å²) in [5, 5.41) is 0.849. The Labute approximate surface area is 195 Å². The van der Waals surface area contributed by atoms with Crippen LogP contribution in [0.5, 0.6) is 0 Å². The van der Waals surface area contributed by atoms with Gasteiger partial charge in [0.15, 0.2) is 0 Å². The van der Waals surface area contributed by atoms with E-state index in [4.69, 9.17) is 11.6 Å². The zero-order valence-electron chi connectivity index (χ0n) is 17.7. The maximum absolute atomic E-state index is 13.1. The summed E-state index contributed by atoms with van der Waals surface area (Å²) in [6.07, 6.45) is 3.57. The van der Waals surface area contributed by atoms with Gasteiger partial charge in [-0.3, -0.25) is 14.4 Å². The van der Waals surface area contributed by atoms with Gasteiger partial charge in [-0.1, -0.05) is 41.9 Å². The average molecular weight is 468 g/mol. The first-order valence-electron chi connectivity index (χ1n) is 10.3. The number of nitrogens with zero attached hydrogens (tertiary/aromatic N) is 3. The van der Waals surface area contributed by atoms with Crippen LogP contribution >= 0.6 is 23.4 Å². The molecule has 1 aliphatic heterocycles. The van der Waals surface area contributed by atoms with Crippen LogP contribution in [0.2, 0.25) is 5.02 Å². The second-order valence-corrected chi connectivity index (χ2v) is 8.66. The molecule has 1 saturated heterocycles. The summed E-state index contributed by atoms with van der Waals surface area (Å²) in [5.41, 5.74) is 2.04. The monoisotopic (exact) mass is 467 g/mol. The number of hydrogen-bond acceptors (Lipinski definition) is 4. The number of anilines is 1. The number of thioether (sulfide) groups is 1.